The fourth-order valence-electron chi connectivity index (χ4n) is 1.07. The number of aromatic amines is 1. The van der Waals surface area contributed by atoms with Crippen LogP contribution in [-0.4, -0.2) is 15.4 Å². The van der Waals surface area contributed by atoms with Crippen molar-refractivity contribution in [3.05, 3.63) is 16.7 Å². The van der Waals surface area contributed by atoms with Crippen molar-refractivity contribution in [1.82, 2.24) is 9.55 Å². The first-order valence-electron chi connectivity index (χ1n) is 4.31. The number of nitrogens with one attached hydrogen (secondary N) is 1. The summed E-state index contributed by atoms with van der Waals surface area (Å²) in [6, 6.07) is 0. The van der Waals surface area contributed by atoms with Crippen LogP contribution in [0.15, 0.2) is 6.20 Å². The topological polar surface area (TPSA) is 20.7 Å². The van der Waals surface area contributed by atoms with Crippen LogP contribution >= 0.6 is 23.8 Å². The van der Waals surface area contributed by atoms with Gasteiger partial charge in [-0.1, -0.05) is 20.8 Å². The fourth-order valence-corrected chi connectivity index (χ4v) is 1.51. The number of nitrogens with zero attached hydrogens (tertiary/aromatic N) is 1. The lowest BCUT2D eigenvalue weighted by Gasteiger charge is -2.15. The summed E-state index contributed by atoms with van der Waals surface area (Å²) < 4.78 is 2.73. The van der Waals surface area contributed by atoms with E-state index >= 15 is 0 Å². The van der Waals surface area contributed by atoms with E-state index in [0.717, 1.165) is 17.0 Å². The summed E-state index contributed by atoms with van der Waals surface area (Å²) in [6.07, 6.45) is 2.05. The maximum Gasteiger partial charge on any atom is 0.177 e. The normalized spacial score (nSPS) is 12.0. The van der Waals surface area contributed by atoms with Gasteiger partial charge in [0.2, 0.25) is 0 Å². The lowest BCUT2D eigenvalue weighted by molar-refractivity contribution is 0.571. The van der Waals surface area contributed by atoms with E-state index in [0.29, 0.717) is 5.88 Å². The first-order chi connectivity index (χ1) is 5.95. The highest BCUT2D eigenvalue weighted by molar-refractivity contribution is 7.71. The van der Waals surface area contributed by atoms with Gasteiger partial charge in [-0.25, -0.2) is 0 Å². The SMILES string of the molecule is CC(C)(C)c1cn(CCCl)c(=S)[nH]1. The molecule has 1 aromatic rings. The molecular formula is C9H15ClN2S. The van der Waals surface area contributed by atoms with E-state index in [-0.39, 0.29) is 5.41 Å². The van der Waals surface area contributed by atoms with E-state index in [9.17, 15) is 0 Å². The zero-order valence-corrected chi connectivity index (χ0v) is 9.80. The quantitative estimate of drug-likeness (QED) is 0.598. The third kappa shape index (κ3) is 2.58. The number of aromatic nitrogens is 2. The maximum absolute atomic E-state index is 5.65. The number of alkyl halides is 1. The predicted octanol–water partition coefficient (Wildman–Crippen LogP) is 3.08. The molecule has 0 unspecified atom stereocenters. The Morgan fingerprint density at radius 2 is 2.15 bits per heavy atom. The Labute approximate surface area is 88.9 Å². The molecule has 2 nitrogen and oxygen atoms in total. The van der Waals surface area contributed by atoms with Crippen molar-refractivity contribution in [2.75, 3.05) is 5.88 Å². The molecule has 0 fully saturated rings. The van der Waals surface area contributed by atoms with Gasteiger partial charge in [0.25, 0.3) is 0 Å². The molecule has 1 heterocycles. The van der Waals surface area contributed by atoms with E-state index in [1.54, 1.807) is 0 Å². The van der Waals surface area contributed by atoms with Crippen LogP contribution in [0.5, 0.6) is 0 Å². The Hall–Kier alpha value is -0.280. The summed E-state index contributed by atoms with van der Waals surface area (Å²) in [5.74, 6) is 0.593. The van der Waals surface area contributed by atoms with Crippen molar-refractivity contribution < 1.29 is 0 Å². The number of imidazole rings is 1. The van der Waals surface area contributed by atoms with Gasteiger partial charge in [0.1, 0.15) is 0 Å². The van der Waals surface area contributed by atoms with Crippen molar-refractivity contribution in [1.29, 1.82) is 0 Å². The number of aryl methyl sites for hydroxylation is 1. The second-order valence-corrected chi connectivity index (χ2v) is 4.87. The van der Waals surface area contributed by atoms with Gasteiger partial charge in [-0.05, 0) is 12.2 Å². The van der Waals surface area contributed by atoms with Crippen molar-refractivity contribution >= 4 is 23.8 Å². The van der Waals surface area contributed by atoms with Crippen LogP contribution in [0.2, 0.25) is 0 Å². The van der Waals surface area contributed by atoms with Gasteiger partial charge < -0.3 is 9.55 Å². The standard InChI is InChI=1S/C9H15ClN2S/c1-9(2,3)7-6-12(5-4-10)8(13)11-7/h6H,4-5H2,1-3H3,(H,11,13). The van der Waals surface area contributed by atoms with Crippen LogP contribution in [0.3, 0.4) is 0 Å². The molecular weight excluding hydrogens is 204 g/mol. The summed E-state index contributed by atoms with van der Waals surface area (Å²) in [6.45, 7) is 7.23. The van der Waals surface area contributed by atoms with Gasteiger partial charge >= 0.3 is 0 Å². The minimum Gasteiger partial charge on any atom is -0.334 e. The number of halogens is 1. The zero-order valence-electron chi connectivity index (χ0n) is 8.22. The highest BCUT2D eigenvalue weighted by Crippen LogP contribution is 2.20. The van der Waals surface area contributed by atoms with Crippen LogP contribution in [-0.2, 0) is 12.0 Å². The van der Waals surface area contributed by atoms with Crippen LogP contribution in [0.1, 0.15) is 26.5 Å². The molecule has 0 saturated carbocycles. The Morgan fingerprint density at radius 3 is 2.54 bits per heavy atom. The molecule has 0 saturated heterocycles. The third-order valence-corrected chi connectivity index (χ3v) is 2.43. The molecule has 0 aromatic carbocycles. The van der Waals surface area contributed by atoms with Gasteiger partial charge in [0, 0.05) is 29.7 Å². The summed E-state index contributed by atoms with van der Waals surface area (Å²) in [5.41, 5.74) is 1.27. The van der Waals surface area contributed by atoms with E-state index in [2.05, 4.69) is 25.8 Å². The Balaban J connectivity index is 3.02. The second kappa shape index (κ2) is 3.84. The van der Waals surface area contributed by atoms with Gasteiger partial charge in [-0.3, -0.25) is 0 Å². The van der Waals surface area contributed by atoms with Crippen molar-refractivity contribution in [2.24, 2.45) is 0 Å². The number of rotatable bonds is 2. The molecule has 0 bridgehead atoms. The molecule has 0 aliphatic rings. The Morgan fingerprint density at radius 1 is 1.54 bits per heavy atom. The van der Waals surface area contributed by atoms with Crippen molar-refractivity contribution in [2.45, 2.75) is 32.7 Å². The summed E-state index contributed by atoms with van der Waals surface area (Å²) in [5, 5.41) is 0. The third-order valence-electron chi connectivity index (χ3n) is 1.92. The zero-order chi connectivity index (χ0) is 10.1. The van der Waals surface area contributed by atoms with Gasteiger partial charge in [0.15, 0.2) is 4.77 Å². The van der Waals surface area contributed by atoms with Crippen molar-refractivity contribution in [3.63, 3.8) is 0 Å². The average molecular weight is 219 g/mol. The van der Waals surface area contributed by atoms with E-state index < -0.39 is 0 Å². The van der Waals surface area contributed by atoms with Crippen LogP contribution in [0.4, 0.5) is 0 Å². The Bertz CT molecular complexity index is 332. The molecule has 0 spiro atoms. The number of H-pyrrole nitrogens is 1. The molecule has 0 aliphatic heterocycles. The molecule has 0 radical (unpaired) electrons. The van der Waals surface area contributed by atoms with Gasteiger partial charge in [0.05, 0.1) is 0 Å². The smallest absolute Gasteiger partial charge is 0.177 e. The summed E-state index contributed by atoms with van der Waals surface area (Å²) in [7, 11) is 0. The molecule has 0 aliphatic carbocycles. The highest BCUT2D eigenvalue weighted by Gasteiger charge is 2.16. The van der Waals surface area contributed by atoms with Gasteiger partial charge in [-0.2, -0.15) is 0 Å². The molecule has 0 amide bonds. The first kappa shape index (κ1) is 10.8. The molecule has 1 rings (SSSR count). The molecule has 1 aromatic heterocycles. The molecule has 0 atom stereocenters. The van der Waals surface area contributed by atoms with Crippen LogP contribution < -0.4 is 0 Å². The lowest BCUT2D eigenvalue weighted by Crippen LogP contribution is -2.11. The monoisotopic (exact) mass is 218 g/mol. The summed E-state index contributed by atoms with van der Waals surface area (Å²) in [4.78, 5) is 3.19. The molecule has 74 valence electrons. The summed E-state index contributed by atoms with van der Waals surface area (Å²) >= 11 is 10.8. The van der Waals surface area contributed by atoms with Crippen LogP contribution in [0, 0.1) is 4.77 Å². The van der Waals surface area contributed by atoms with Gasteiger partial charge in [-0.15, -0.1) is 11.6 Å². The fraction of sp³-hybridized carbons (Fsp3) is 0.667. The lowest BCUT2D eigenvalue weighted by atomic mass is 9.93. The van der Waals surface area contributed by atoms with E-state index in [1.807, 2.05) is 10.8 Å². The number of hydrogen-bond acceptors (Lipinski definition) is 1. The van der Waals surface area contributed by atoms with Crippen LogP contribution in [0.25, 0.3) is 0 Å². The molecule has 13 heavy (non-hydrogen) atoms. The largest absolute Gasteiger partial charge is 0.334 e. The minimum absolute atomic E-state index is 0.116. The molecule has 1 N–H and O–H groups in total. The highest BCUT2D eigenvalue weighted by atomic mass is 35.5. The van der Waals surface area contributed by atoms with Crippen molar-refractivity contribution in [3.8, 4) is 0 Å². The maximum atomic E-state index is 5.65. The minimum atomic E-state index is 0.116. The predicted molar refractivity (Wildman–Crippen MR) is 59.0 cm³/mol. The Kier molecular flexibility index (Phi) is 3.19. The van der Waals surface area contributed by atoms with E-state index in [4.69, 9.17) is 23.8 Å². The van der Waals surface area contributed by atoms with E-state index in [1.165, 1.54) is 0 Å². The second-order valence-electron chi connectivity index (χ2n) is 4.11. The first-order valence-corrected chi connectivity index (χ1v) is 5.25. The average Bonchev–Trinajstić information content (AvgIpc) is 2.32. The number of hydrogen-bond donors (Lipinski definition) is 1. The molecule has 4 heteroatoms.